The van der Waals surface area contributed by atoms with Crippen LogP contribution in [0.1, 0.15) is 65.3 Å². The Labute approximate surface area is 209 Å². The Morgan fingerprint density at radius 1 is 1.20 bits per heavy atom. The van der Waals surface area contributed by atoms with Crippen LogP contribution in [0.5, 0.6) is 11.5 Å². The van der Waals surface area contributed by atoms with Crippen molar-refractivity contribution in [2.24, 2.45) is 5.92 Å². The number of amides is 2. The van der Waals surface area contributed by atoms with Crippen LogP contribution in [0, 0.1) is 26.7 Å². The first-order chi connectivity index (χ1) is 16.5. The molecule has 2 heterocycles. The molecule has 1 unspecified atom stereocenters. The number of rotatable bonds is 6. The normalized spacial score (nSPS) is 23.1. The average Bonchev–Trinajstić information content (AvgIpc) is 3.20. The topological polar surface area (TPSA) is 101 Å². The van der Waals surface area contributed by atoms with E-state index in [-0.39, 0.29) is 30.0 Å². The Kier molecular flexibility index (Phi) is 6.86. The maximum atomic E-state index is 13.1. The number of aryl methyl sites for hydroxylation is 2. The summed E-state index contributed by atoms with van der Waals surface area (Å²) >= 11 is 6.54. The smallest absolute Gasteiger partial charge is 0.253 e. The van der Waals surface area contributed by atoms with Gasteiger partial charge in [0.2, 0.25) is 6.41 Å². The number of aromatic nitrogens is 1. The molecule has 2 N–H and O–H groups in total. The summed E-state index contributed by atoms with van der Waals surface area (Å²) in [6.07, 6.45) is 4.31. The van der Waals surface area contributed by atoms with Crippen molar-refractivity contribution in [2.75, 3.05) is 7.05 Å². The van der Waals surface area contributed by atoms with Crippen molar-refractivity contribution in [1.29, 1.82) is 0 Å². The molecule has 1 aliphatic heterocycles. The van der Waals surface area contributed by atoms with Gasteiger partial charge in [0.25, 0.3) is 17.3 Å². The number of aromatic amines is 1. The number of carbonyl (C=O) groups excluding carboxylic acids is 2. The Morgan fingerprint density at radius 2 is 1.86 bits per heavy atom. The second kappa shape index (κ2) is 9.57. The van der Waals surface area contributed by atoms with Gasteiger partial charge in [-0.05, 0) is 64.2 Å². The zero-order chi connectivity index (χ0) is 25.5. The van der Waals surface area contributed by atoms with Crippen LogP contribution in [-0.4, -0.2) is 41.1 Å². The quantitative estimate of drug-likeness (QED) is 0.582. The van der Waals surface area contributed by atoms with Crippen molar-refractivity contribution < 1.29 is 19.1 Å². The molecule has 1 saturated carbocycles. The van der Waals surface area contributed by atoms with E-state index in [1.807, 2.05) is 33.9 Å². The highest BCUT2D eigenvalue weighted by Crippen LogP contribution is 2.51. The zero-order valence-corrected chi connectivity index (χ0v) is 21.5. The summed E-state index contributed by atoms with van der Waals surface area (Å²) in [6, 6.07) is 3.68. The minimum Gasteiger partial charge on any atom is -0.448 e. The van der Waals surface area contributed by atoms with Crippen LogP contribution in [-0.2, 0) is 11.3 Å². The predicted molar refractivity (Wildman–Crippen MR) is 133 cm³/mol. The van der Waals surface area contributed by atoms with Gasteiger partial charge in [-0.15, -0.1) is 0 Å². The van der Waals surface area contributed by atoms with E-state index in [1.54, 1.807) is 17.9 Å². The fraction of sp³-hybridized carbons (Fsp3) is 0.500. The van der Waals surface area contributed by atoms with Gasteiger partial charge in [0.15, 0.2) is 11.5 Å². The molecule has 8 nitrogen and oxygen atoms in total. The van der Waals surface area contributed by atoms with E-state index in [4.69, 9.17) is 21.1 Å². The second-order valence-corrected chi connectivity index (χ2v) is 10.2. The minimum absolute atomic E-state index is 0.0992. The van der Waals surface area contributed by atoms with Gasteiger partial charge >= 0.3 is 0 Å². The third kappa shape index (κ3) is 4.76. The van der Waals surface area contributed by atoms with E-state index >= 15 is 0 Å². The van der Waals surface area contributed by atoms with Gasteiger partial charge in [0.1, 0.15) is 0 Å². The standard InChI is InChI=1S/C26H32ClN3O5/c1-14-10-15(2)29-25(33)20(14)12-28-24(32)19-11-21(27)23-22(16(19)3)34-26(4,35-23)17-6-8-18(9-7-17)30(5)13-31/h10-11,13,17-18H,6-9,12H2,1-5H3,(H,28,32)(H,29,33). The van der Waals surface area contributed by atoms with Gasteiger partial charge in [-0.1, -0.05) is 11.6 Å². The summed E-state index contributed by atoms with van der Waals surface area (Å²) in [5, 5.41) is 3.14. The molecule has 4 rings (SSSR count). The van der Waals surface area contributed by atoms with Crippen LogP contribution in [0.25, 0.3) is 0 Å². The molecular weight excluding hydrogens is 470 g/mol. The largest absolute Gasteiger partial charge is 0.448 e. The van der Waals surface area contributed by atoms with Crippen LogP contribution in [0.2, 0.25) is 5.02 Å². The van der Waals surface area contributed by atoms with E-state index in [2.05, 4.69) is 10.3 Å². The van der Waals surface area contributed by atoms with E-state index in [9.17, 15) is 14.4 Å². The molecule has 0 saturated heterocycles. The van der Waals surface area contributed by atoms with Crippen molar-refractivity contribution in [3.63, 3.8) is 0 Å². The Balaban J connectivity index is 1.50. The van der Waals surface area contributed by atoms with Gasteiger partial charge in [0, 0.05) is 54.9 Å². The lowest BCUT2D eigenvalue weighted by atomic mass is 9.81. The molecule has 1 aliphatic carbocycles. The predicted octanol–water partition coefficient (Wildman–Crippen LogP) is 4.02. The van der Waals surface area contributed by atoms with Crippen molar-refractivity contribution in [1.82, 2.24) is 15.2 Å². The van der Waals surface area contributed by atoms with E-state index in [0.717, 1.165) is 43.4 Å². The lowest BCUT2D eigenvalue weighted by Crippen LogP contribution is -2.47. The number of pyridine rings is 1. The summed E-state index contributed by atoms with van der Waals surface area (Å²) in [5.41, 5.74) is 2.89. The molecule has 2 aliphatic rings. The summed E-state index contributed by atoms with van der Waals surface area (Å²) in [5.74, 6) is -0.206. The third-order valence-corrected chi connectivity index (χ3v) is 7.67. The molecule has 1 aromatic carbocycles. The van der Waals surface area contributed by atoms with Gasteiger partial charge in [0.05, 0.1) is 5.02 Å². The van der Waals surface area contributed by atoms with Crippen molar-refractivity contribution in [3.05, 3.63) is 55.5 Å². The summed E-state index contributed by atoms with van der Waals surface area (Å²) < 4.78 is 12.6. The van der Waals surface area contributed by atoms with E-state index in [1.165, 1.54) is 0 Å². The number of nitrogens with one attached hydrogen (secondary N) is 2. The first-order valence-corrected chi connectivity index (χ1v) is 12.3. The third-order valence-electron chi connectivity index (χ3n) is 7.39. The number of H-pyrrole nitrogens is 1. The summed E-state index contributed by atoms with van der Waals surface area (Å²) in [6.45, 7) is 7.47. The lowest BCUT2D eigenvalue weighted by molar-refractivity contribution is -0.128. The number of nitrogens with zero attached hydrogens (tertiary/aromatic N) is 1. The highest BCUT2D eigenvalue weighted by molar-refractivity contribution is 6.33. The van der Waals surface area contributed by atoms with Crippen LogP contribution in [0.3, 0.4) is 0 Å². The molecule has 9 heteroatoms. The Hall–Kier alpha value is -3.00. The molecule has 2 aromatic rings. The maximum Gasteiger partial charge on any atom is 0.253 e. The second-order valence-electron chi connectivity index (χ2n) is 9.81. The summed E-state index contributed by atoms with van der Waals surface area (Å²) in [7, 11) is 1.81. The van der Waals surface area contributed by atoms with Gasteiger partial charge < -0.3 is 24.7 Å². The maximum absolute atomic E-state index is 13.1. The minimum atomic E-state index is -0.900. The van der Waals surface area contributed by atoms with Crippen LogP contribution in [0.15, 0.2) is 16.9 Å². The first-order valence-electron chi connectivity index (χ1n) is 11.9. The number of hydrogen-bond donors (Lipinski definition) is 2. The number of ether oxygens (including phenoxy) is 2. The van der Waals surface area contributed by atoms with Gasteiger partial charge in [-0.3, -0.25) is 14.4 Å². The number of carbonyl (C=O) groups is 2. The molecule has 1 fully saturated rings. The molecule has 0 bridgehead atoms. The number of halogens is 1. The number of fused-ring (bicyclic) bond motifs is 1. The number of benzene rings is 1. The molecule has 35 heavy (non-hydrogen) atoms. The highest BCUT2D eigenvalue weighted by atomic mass is 35.5. The molecular formula is C26H32ClN3O5. The molecule has 0 radical (unpaired) electrons. The fourth-order valence-electron chi connectivity index (χ4n) is 5.21. The summed E-state index contributed by atoms with van der Waals surface area (Å²) in [4.78, 5) is 40.9. The van der Waals surface area contributed by atoms with Crippen molar-refractivity contribution in [3.8, 4) is 11.5 Å². The van der Waals surface area contributed by atoms with E-state index < -0.39 is 5.79 Å². The first kappa shape index (κ1) is 25.1. The molecule has 188 valence electrons. The molecule has 1 atom stereocenters. The molecule has 2 amide bonds. The Morgan fingerprint density at radius 3 is 2.49 bits per heavy atom. The average molecular weight is 502 g/mol. The van der Waals surface area contributed by atoms with Gasteiger partial charge in [-0.2, -0.15) is 0 Å². The zero-order valence-electron chi connectivity index (χ0n) is 20.8. The van der Waals surface area contributed by atoms with E-state index in [0.29, 0.717) is 33.2 Å². The van der Waals surface area contributed by atoms with Crippen LogP contribution < -0.4 is 20.3 Å². The highest BCUT2D eigenvalue weighted by Gasteiger charge is 2.47. The SMILES string of the molecule is Cc1cc(C)c(CNC(=O)c2cc(Cl)c3c(c2C)OC(C)(C2CCC(N(C)C=O)CC2)O3)c(=O)[nH]1. The fourth-order valence-corrected chi connectivity index (χ4v) is 5.44. The van der Waals surface area contributed by atoms with Crippen molar-refractivity contribution >= 4 is 23.9 Å². The van der Waals surface area contributed by atoms with Crippen molar-refractivity contribution in [2.45, 2.75) is 71.8 Å². The number of hydrogen-bond acceptors (Lipinski definition) is 5. The van der Waals surface area contributed by atoms with Gasteiger partial charge in [-0.25, -0.2) is 0 Å². The Bertz CT molecular complexity index is 1220. The lowest BCUT2D eigenvalue weighted by Gasteiger charge is -2.39. The van der Waals surface area contributed by atoms with Crippen LogP contribution in [0.4, 0.5) is 0 Å². The van der Waals surface area contributed by atoms with Crippen LogP contribution >= 0.6 is 11.6 Å². The monoisotopic (exact) mass is 501 g/mol. The molecule has 0 spiro atoms. The molecule has 1 aromatic heterocycles.